The molecule has 1 N–H and O–H groups in total. The van der Waals surface area contributed by atoms with Crippen LogP contribution in [0.15, 0.2) is 72.8 Å². The van der Waals surface area contributed by atoms with E-state index in [1.807, 2.05) is 72.8 Å². The minimum atomic E-state index is -0.690. The molecule has 0 aliphatic rings. The molecule has 0 fully saturated rings. The third kappa shape index (κ3) is 2.99. The van der Waals surface area contributed by atoms with Gasteiger partial charge in [-0.05, 0) is 28.0 Å². The Morgan fingerprint density at radius 2 is 1.59 bits per heavy atom. The Morgan fingerprint density at radius 1 is 0.909 bits per heavy atom. The van der Waals surface area contributed by atoms with Gasteiger partial charge in [0.2, 0.25) is 0 Å². The maximum absolute atomic E-state index is 10.3. The van der Waals surface area contributed by atoms with Crippen LogP contribution in [0.25, 0.3) is 10.8 Å². The summed E-state index contributed by atoms with van der Waals surface area (Å²) in [5.74, 6) is 0. The van der Waals surface area contributed by atoms with Crippen LogP contribution in [0.5, 0.6) is 0 Å². The first-order valence-corrected chi connectivity index (χ1v) is 7.16. The van der Waals surface area contributed by atoms with E-state index in [9.17, 15) is 10.5 Å². The maximum Gasteiger partial charge on any atom is 0.147 e. The van der Waals surface area contributed by atoms with Gasteiger partial charge in [-0.25, -0.2) is 0 Å². The normalized spacial score (nSPS) is 12.2. The van der Waals surface area contributed by atoms with Crippen LogP contribution in [0.1, 0.15) is 17.2 Å². The predicted molar refractivity (Wildman–Crippen MR) is 86.1 cm³/mol. The van der Waals surface area contributed by atoms with Crippen LogP contribution in [0.3, 0.4) is 0 Å². The number of fused-ring (bicyclic) bond motifs is 1. The van der Waals surface area contributed by atoms with E-state index in [1.165, 1.54) is 0 Å². The average Bonchev–Trinajstić information content (AvgIpc) is 2.56. The molecule has 3 heteroatoms. The molecule has 108 valence electrons. The van der Waals surface area contributed by atoms with E-state index in [1.54, 1.807) is 0 Å². The third-order valence-electron chi connectivity index (χ3n) is 3.70. The molecule has 0 amide bonds. The van der Waals surface area contributed by atoms with Crippen molar-refractivity contribution >= 4 is 10.8 Å². The van der Waals surface area contributed by atoms with Gasteiger partial charge in [-0.1, -0.05) is 66.7 Å². The highest BCUT2D eigenvalue weighted by atomic mass is 16.5. The Labute approximate surface area is 129 Å². The van der Waals surface area contributed by atoms with Crippen LogP contribution in [0.2, 0.25) is 0 Å². The second-order valence-corrected chi connectivity index (χ2v) is 5.22. The Hall–Kier alpha value is -2.67. The topological polar surface area (TPSA) is 47.3 Å². The molecular weight excluding hydrogens is 272 g/mol. The fourth-order valence-corrected chi connectivity index (χ4v) is 2.55. The Morgan fingerprint density at radius 3 is 2.32 bits per heavy atom. The van der Waals surface area contributed by atoms with Gasteiger partial charge in [-0.3, -0.25) is 0 Å². The summed E-state index contributed by atoms with van der Waals surface area (Å²) in [6, 6.07) is 24.9. The highest BCUT2D eigenvalue weighted by Gasteiger charge is 2.18. The van der Waals surface area contributed by atoms with Crippen LogP contribution >= 0.6 is 0 Å². The maximum atomic E-state index is 10.3. The molecule has 0 spiro atoms. The molecule has 3 aromatic rings. The van der Waals surface area contributed by atoms with Crippen LogP contribution < -0.4 is 0 Å². The van der Waals surface area contributed by atoms with Gasteiger partial charge in [0.25, 0.3) is 0 Å². The van der Waals surface area contributed by atoms with Crippen molar-refractivity contribution in [3.63, 3.8) is 0 Å². The molecule has 0 aliphatic carbocycles. The van der Waals surface area contributed by atoms with Crippen molar-refractivity contribution in [2.75, 3.05) is 0 Å². The Kier molecular flexibility index (Phi) is 4.15. The van der Waals surface area contributed by atoms with Crippen molar-refractivity contribution in [1.29, 1.82) is 5.26 Å². The molecule has 0 aliphatic heterocycles. The first-order valence-electron chi connectivity index (χ1n) is 7.16. The summed E-state index contributed by atoms with van der Waals surface area (Å²) in [4.78, 5) is 0. The quantitative estimate of drug-likeness (QED) is 0.728. The molecule has 22 heavy (non-hydrogen) atoms. The molecule has 3 rings (SSSR count). The molecule has 3 nitrogen and oxygen atoms in total. The van der Waals surface area contributed by atoms with Crippen molar-refractivity contribution in [2.24, 2.45) is 0 Å². The van der Waals surface area contributed by atoms with Crippen molar-refractivity contribution in [2.45, 2.75) is 12.6 Å². The molecule has 0 aromatic heterocycles. The largest absolute Gasteiger partial charge is 0.312 e. The van der Waals surface area contributed by atoms with E-state index in [-0.39, 0.29) is 0 Å². The number of rotatable bonds is 4. The van der Waals surface area contributed by atoms with E-state index in [4.69, 9.17) is 0 Å². The van der Waals surface area contributed by atoms with Gasteiger partial charge in [0.1, 0.15) is 6.04 Å². The van der Waals surface area contributed by atoms with Gasteiger partial charge in [0, 0.05) is 0 Å². The average molecular weight is 288 g/mol. The predicted octanol–water partition coefficient (Wildman–Crippen LogP) is 4.30. The minimum absolute atomic E-state index is 0.311. The summed E-state index contributed by atoms with van der Waals surface area (Å²) in [6.45, 7) is 0.311. The number of nitrogens with zero attached hydrogens (tertiary/aromatic N) is 2. The monoisotopic (exact) mass is 288 g/mol. The van der Waals surface area contributed by atoms with E-state index in [0.29, 0.717) is 6.54 Å². The summed E-state index contributed by atoms with van der Waals surface area (Å²) >= 11 is 0. The second kappa shape index (κ2) is 6.40. The smallest absolute Gasteiger partial charge is 0.147 e. The lowest BCUT2D eigenvalue weighted by Crippen LogP contribution is -2.23. The fourth-order valence-electron chi connectivity index (χ4n) is 2.55. The van der Waals surface area contributed by atoms with Crippen molar-refractivity contribution in [3.05, 3.63) is 83.9 Å². The van der Waals surface area contributed by atoms with Gasteiger partial charge in [-0.2, -0.15) is 10.3 Å². The Balaban J connectivity index is 1.87. The zero-order valence-electron chi connectivity index (χ0n) is 12.1. The number of hydroxylamine groups is 2. The van der Waals surface area contributed by atoms with Gasteiger partial charge in [0.15, 0.2) is 0 Å². The minimum Gasteiger partial charge on any atom is -0.312 e. The molecule has 0 unspecified atom stereocenters. The van der Waals surface area contributed by atoms with E-state index >= 15 is 0 Å². The molecule has 0 radical (unpaired) electrons. The fraction of sp³-hybridized carbons (Fsp3) is 0.105. The van der Waals surface area contributed by atoms with Crippen LogP contribution in [-0.4, -0.2) is 10.3 Å². The second-order valence-electron chi connectivity index (χ2n) is 5.22. The van der Waals surface area contributed by atoms with E-state index in [2.05, 4.69) is 6.07 Å². The Bertz CT molecular complexity index is 808. The molecule has 3 aromatic carbocycles. The highest BCUT2D eigenvalue weighted by molar-refractivity contribution is 5.83. The van der Waals surface area contributed by atoms with Gasteiger partial charge in [-0.15, -0.1) is 0 Å². The summed E-state index contributed by atoms with van der Waals surface area (Å²) in [7, 11) is 0. The van der Waals surface area contributed by atoms with Gasteiger partial charge < -0.3 is 5.21 Å². The third-order valence-corrected chi connectivity index (χ3v) is 3.70. The molecule has 1 atom stereocenters. The highest BCUT2D eigenvalue weighted by Crippen LogP contribution is 2.24. The van der Waals surface area contributed by atoms with Gasteiger partial charge in [0.05, 0.1) is 12.6 Å². The lowest BCUT2D eigenvalue weighted by Gasteiger charge is -2.21. The number of benzene rings is 3. The van der Waals surface area contributed by atoms with Crippen LogP contribution in [0.4, 0.5) is 0 Å². The zero-order chi connectivity index (χ0) is 15.4. The molecular formula is C19H16N2O. The number of hydrogen-bond donors (Lipinski definition) is 1. The van der Waals surface area contributed by atoms with Crippen molar-refractivity contribution in [1.82, 2.24) is 5.06 Å². The van der Waals surface area contributed by atoms with E-state index in [0.717, 1.165) is 27.0 Å². The first kappa shape index (κ1) is 14.3. The lowest BCUT2D eigenvalue weighted by atomic mass is 10.0. The van der Waals surface area contributed by atoms with Crippen LogP contribution in [-0.2, 0) is 6.54 Å². The van der Waals surface area contributed by atoms with E-state index < -0.39 is 6.04 Å². The molecule has 0 heterocycles. The standard InChI is InChI=1S/C19H16N2O/c20-13-19(21(22)14-15-6-2-1-3-7-15)18-11-10-16-8-4-5-9-17(16)12-18/h1-12,19,22H,14H2/t19-/m1/s1. The zero-order valence-corrected chi connectivity index (χ0v) is 12.1. The SMILES string of the molecule is N#C[C@H](c1ccc2ccccc2c1)N(O)Cc1ccccc1. The first-order chi connectivity index (χ1) is 10.8. The van der Waals surface area contributed by atoms with Crippen molar-refractivity contribution in [3.8, 4) is 6.07 Å². The summed E-state index contributed by atoms with van der Waals surface area (Å²) in [5, 5.41) is 23.0. The van der Waals surface area contributed by atoms with Crippen LogP contribution in [0, 0.1) is 11.3 Å². The van der Waals surface area contributed by atoms with Gasteiger partial charge >= 0.3 is 0 Å². The summed E-state index contributed by atoms with van der Waals surface area (Å²) in [5.41, 5.74) is 1.76. The van der Waals surface area contributed by atoms with Crippen molar-refractivity contribution < 1.29 is 5.21 Å². The number of nitriles is 1. The molecule has 0 saturated heterocycles. The summed E-state index contributed by atoms with van der Waals surface area (Å²) < 4.78 is 0. The lowest BCUT2D eigenvalue weighted by molar-refractivity contribution is -0.121. The molecule has 0 bridgehead atoms. The number of hydrogen-bond acceptors (Lipinski definition) is 3. The molecule has 0 saturated carbocycles. The summed E-state index contributed by atoms with van der Waals surface area (Å²) in [6.07, 6.45) is 0.